The first kappa shape index (κ1) is 19.7. The molecular weight excluding hydrogens is 402 g/mol. The van der Waals surface area contributed by atoms with Crippen LogP contribution in [0.15, 0.2) is 42.5 Å². The minimum atomic E-state index is -0.0966. The van der Waals surface area contributed by atoms with Crippen molar-refractivity contribution in [3.05, 3.63) is 81.5 Å². The summed E-state index contributed by atoms with van der Waals surface area (Å²) in [5.41, 5.74) is 4.00. The molecule has 1 aromatic carbocycles. The smallest absolute Gasteiger partial charge is 0.269 e. The highest BCUT2D eigenvalue weighted by Crippen LogP contribution is 2.37. The molecule has 0 saturated heterocycles. The van der Waals surface area contributed by atoms with Crippen molar-refractivity contribution in [1.82, 2.24) is 14.9 Å². The molecule has 1 aliphatic rings. The van der Waals surface area contributed by atoms with E-state index in [4.69, 9.17) is 27.9 Å². The quantitative estimate of drug-likeness (QED) is 0.611. The van der Waals surface area contributed by atoms with Gasteiger partial charge in [0, 0.05) is 7.05 Å². The van der Waals surface area contributed by atoms with Gasteiger partial charge in [0.25, 0.3) is 11.7 Å². The molecule has 0 radical (unpaired) electrons. The van der Waals surface area contributed by atoms with Crippen molar-refractivity contribution in [2.24, 2.45) is 0 Å². The number of nitrogens with one attached hydrogen (secondary N) is 1. The Labute approximate surface area is 179 Å². The third kappa shape index (κ3) is 3.65. The van der Waals surface area contributed by atoms with E-state index in [-0.39, 0.29) is 5.91 Å². The summed E-state index contributed by atoms with van der Waals surface area (Å²) in [7, 11) is 3.29. The van der Waals surface area contributed by atoms with Crippen LogP contribution >= 0.6 is 11.6 Å². The highest BCUT2D eigenvalue weighted by molar-refractivity contribution is 6.32. The van der Waals surface area contributed by atoms with Gasteiger partial charge in [-0.15, -0.1) is 4.98 Å². The fraction of sp³-hybridized carbons (Fsp3) is 0.182. The number of hydrogen-bond donors (Lipinski definition) is 1. The van der Waals surface area contributed by atoms with Gasteiger partial charge >= 0.3 is 0 Å². The largest absolute Gasteiger partial charge is 0.493 e. The SMILES string of the molecule is [C-]#[N+]c1cccc(Cc2cc(Nc3cccc(Cl)c3OC)c3c(n2)CN(C)C3=O)n1. The summed E-state index contributed by atoms with van der Waals surface area (Å²) < 4.78 is 5.42. The lowest BCUT2D eigenvalue weighted by Crippen LogP contribution is -2.18. The fourth-order valence-corrected chi connectivity index (χ4v) is 3.71. The molecule has 30 heavy (non-hydrogen) atoms. The molecule has 3 heterocycles. The van der Waals surface area contributed by atoms with E-state index >= 15 is 0 Å². The van der Waals surface area contributed by atoms with Crippen LogP contribution in [0.1, 0.15) is 27.4 Å². The normalized spacial score (nSPS) is 12.5. The van der Waals surface area contributed by atoms with E-state index in [0.29, 0.717) is 52.2 Å². The lowest BCUT2D eigenvalue weighted by atomic mass is 10.1. The number of anilines is 2. The van der Waals surface area contributed by atoms with Crippen molar-refractivity contribution in [1.29, 1.82) is 0 Å². The number of amides is 1. The van der Waals surface area contributed by atoms with Gasteiger partial charge in [0.2, 0.25) is 0 Å². The average Bonchev–Trinajstić information content (AvgIpc) is 3.02. The van der Waals surface area contributed by atoms with Gasteiger partial charge in [-0.3, -0.25) is 9.78 Å². The number of aromatic nitrogens is 2. The molecule has 0 bridgehead atoms. The molecule has 1 amide bonds. The van der Waals surface area contributed by atoms with Crippen LogP contribution in [-0.2, 0) is 13.0 Å². The van der Waals surface area contributed by atoms with Crippen LogP contribution in [0.2, 0.25) is 5.02 Å². The summed E-state index contributed by atoms with van der Waals surface area (Å²) in [5, 5.41) is 3.77. The number of rotatable bonds is 5. The van der Waals surface area contributed by atoms with Crippen LogP contribution in [0.3, 0.4) is 0 Å². The predicted octanol–water partition coefficient (Wildman–Crippen LogP) is 4.61. The summed E-state index contributed by atoms with van der Waals surface area (Å²) in [5.74, 6) is 0.739. The van der Waals surface area contributed by atoms with Crippen molar-refractivity contribution in [2.75, 3.05) is 19.5 Å². The van der Waals surface area contributed by atoms with E-state index in [9.17, 15) is 4.79 Å². The van der Waals surface area contributed by atoms with Gasteiger partial charge in [0.1, 0.15) is 5.69 Å². The van der Waals surface area contributed by atoms with E-state index in [1.807, 2.05) is 24.3 Å². The lowest BCUT2D eigenvalue weighted by Gasteiger charge is -2.15. The van der Waals surface area contributed by atoms with Crippen molar-refractivity contribution >= 4 is 34.7 Å². The van der Waals surface area contributed by atoms with Crippen LogP contribution < -0.4 is 10.1 Å². The first-order chi connectivity index (χ1) is 14.5. The summed E-state index contributed by atoms with van der Waals surface area (Å²) in [6.45, 7) is 7.58. The van der Waals surface area contributed by atoms with Crippen molar-refractivity contribution in [3.8, 4) is 5.75 Å². The molecule has 8 heteroatoms. The Morgan fingerprint density at radius 1 is 1.20 bits per heavy atom. The molecule has 2 aromatic heterocycles. The number of ether oxygens (including phenoxy) is 1. The van der Waals surface area contributed by atoms with Gasteiger partial charge in [-0.2, -0.15) is 0 Å². The maximum Gasteiger partial charge on any atom is 0.269 e. The summed E-state index contributed by atoms with van der Waals surface area (Å²) in [6.07, 6.45) is 0.440. The molecule has 4 rings (SSSR count). The standard InChI is InChI=1S/C22H18ClN5O2/c1-24-19-9-4-6-13(26-19)10-14-11-17(20-18(25-14)12-28(2)22(20)29)27-16-8-5-7-15(23)21(16)30-3/h4-9,11H,10,12H2,2-3H3,(H,25,27). The van der Waals surface area contributed by atoms with Crippen molar-refractivity contribution in [2.45, 2.75) is 13.0 Å². The zero-order chi connectivity index (χ0) is 21.3. The Balaban J connectivity index is 1.77. The number of nitrogens with zero attached hydrogens (tertiary/aromatic N) is 4. The number of carbonyl (C=O) groups is 1. The van der Waals surface area contributed by atoms with Crippen LogP contribution in [0.25, 0.3) is 4.85 Å². The monoisotopic (exact) mass is 419 g/mol. The number of methoxy groups -OCH3 is 1. The number of fused-ring (bicyclic) bond motifs is 1. The summed E-state index contributed by atoms with van der Waals surface area (Å²) in [6, 6.07) is 12.5. The lowest BCUT2D eigenvalue weighted by molar-refractivity contribution is 0.0817. The number of pyridine rings is 2. The number of para-hydroxylation sites is 1. The van der Waals surface area contributed by atoms with Gasteiger partial charge in [0.05, 0.1) is 53.4 Å². The minimum Gasteiger partial charge on any atom is -0.493 e. The number of halogens is 1. The highest BCUT2D eigenvalue weighted by Gasteiger charge is 2.30. The van der Waals surface area contributed by atoms with E-state index < -0.39 is 0 Å². The molecule has 150 valence electrons. The highest BCUT2D eigenvalue weighted by atomic mass is 35.5. The number of benzene rings is 1. The second-order valence-corrected chi connectivity index (χ2v) is 7.27. The molecular formula is C22H18ClN5O2. The van der Waals surface area contributed by atoms with E-state index in [2.05, 4.69) is 15.1 Å². The van der Waals surface area contributed by atoms with Crippen LogP contribution in [0.4, 0.5) is 17.2 Å². The van der Waals surface area contributed by atoms with Gasteiger partial charge < -0.3 is 19.8 Å². The minimum absolute atomic E-state index is 0.0966. The maximum absolute atomic E-state index is 12.7. The van der Waals surface area contributed by atoms with Crippen molar-refractivity contribution in [3.63, 3.8) is 0 Å². The Morgan fingerprint density at radius 3 is 2.77 bits per heavy atom. The van der Waals surface area contributed by atoms with Gasteiger partial charge in [-0.05, 0) is 30.3 Å². The van der Waals surface area contributed by atoms with Gasteiger partial charge in [0.15, 0.2) is 5.75 Å². The number of carbonyl (C=O) groups excluding carboxylic acids is 1. The van der Waals surface area contributed by atoms with Gasteiger partial charge in [-0.1, -0.05) is 30.3 Å². The molecule has 7 nitrogen and oxygen atoms in total. The molecule has 0 saturated carbocycles. The average molecular weight is 420 g/mol. The molecule has 0 atom stereocenters. The summed E-state index contributed by atoms with van der Waals surface area (Å²) in [4.78, 5) is 26.8. The topological polar surface area (TPSA) is 71.7 Å². The third-order valence-corrected chi connectivity index (χ3v) is 5.10. The van der Waals surface area contributed by atoms with E-state index in [1.165, 1.54) is 0 Å². The van der Waals surface area contributed by atoms with Crippen LogP contribution in [-0.4, -0.2) is 34.9 Å². The van der Waals surface area contributed by atoms with Crippen LogP contribution in [0, 0.1) is 6.57 Å². The first-order valence-electron chi connectivity index (χ1n) is 9.21. The van der Waals surface area contributed by atoms with Crippen LogP contribution in [0.5, 0.6) is 5.75 Å². The molecule has 1 aliphatic heterocycles. The van der Waals surface area contributed by atoms with Gasteiger partial charge in [-0.25, -0.2) is 0 Å². The Bertz CT molecular complexity index is 1190. The predicted molar refractivity (Wildman–Crippen MR) is 115 cm³/mol. The second kappa shape index (κ2) is 8.01. The Hall–Kier alpha value is -3.63. The fourth-order valence-electron chi connectivity index (χ4n) is 3.46. The summed E-state index contributed by atoms with van der Waals surface area (Å²) >= 11 is 6.25. The molecule has 0 unspecified atom stereocenters. The third-order valence-electron chi connectivity index (χ3n) is 4.80. The molecule has 0 spiro atoms. The molecule has 0 fully saturated rings. The van der Waals surface area contributed by atoms with E-state index in [0.717, 1.165) is 11.4 Å². The number of hydrogen-bond acceptors (Lipinski definition) is 5. The van der Waals surface area contributed by atoms with Crippen molar-refractivity contribution < 1.29 is 9.53 Å². The zero-order valence-electron chi connectivity index (χ0n) is 16.4. The Kier molecular flexibility index (Phi) is 5.25. The second-order valence-electron chi connectivity index (χ2n) is 6.87. The molecule has 0 aliphatic carbocycles. The van der Waals surface area contributed by atoms with E-state index in [1.54, 1.807) is 37.3 Å². The Morgan fingerprint density at radius 2 is 2.00 bits per heavy atom. The zero-order valence-corrected chi connectivity index (χ0v) is 17.2. The molecule has 3 aromatic rings. The first-order valence-corrected chi connectivity index (χ1v) is 9.59. The maximum atomic E-state index is 12.7. The molecule has 1 N–H and O–H groups in total.